The predicted molar refractivity (Wildman–Crippen MR) is 74.8 cm³/mol. The van der Waals surface area contributed by atoms with Crippen LogP contribution in [-0.2, 0) is 0 Å². The molecule has 0 heterocycles. The number of rotatable bonds is 6. The van der Waals surface area contributed by atoms with Crippen molar-refractivity contribution in [3.63, 3.8) is 0 Å². The third-order valence-corrected chi connectivity index (χ3v) is 3.30. The molecule has 5 nitrogen and oxygen atoms in total. The van der Waals surface area contributed by atoms with Crippen molar-refractivity contribution in [1.82, 2.24) is 5.32 Å². The smallest absolute Gasteiger partial charge is 0.259 e. The van der Waals surface area contributed by atoms with Gasteiger partial charge in [-0.15, -0.1) is 0 Å². The fourth-order valence-electron chi connectivity index (χ4n) is 1.70. The number of methoxy groups -OCH3 is 2. The van der Waals surface area contributed by atoms with E-state index in [0.717, 1.165) is 6.42 Å². The number of hydrogen-bond donors (Lipinski definition) is 2. The lowest BCUT2D eigenvalue weighted by molar-refractivity contribution is 0.0900. The van der Waals surface area contributed by atoms with Gasteiger partial charge in [-0.25, -0.2) is 0 Å². The number of carbonyl (C=O) groups excluding carboxylic acids is 1. The van der Waals surface area contributed by atoms with Gasteiger partial charge in [0, 0.05) is 12.1 Å². The van der Waals surface area contributed by atoms with Gasteiger partial charge in [0.25, 0.3) is 5.91 Å². The summed E-state index contributed by atoms with van der Waals surface area (Å²) in [6.07, 6.45) is 0.743. The van der Waals surface area contributed by atoms with Gasteiger partial charge >= 0.3 is 0 Å². The molecule has 0 fully saturated rings. The Hall–Kier alpha value is -1.75. The van der Waals surface area contributed by atoms with Crippen LogP contribution >= 0.6 is 0 Å². The molecule has 0 saturated heterocycles. The van der Waals surface area contributed by atoms with Crippen LogP contribution in [0.3, 0.4) is 0 Å². The molecule has 3 N–H and O–H groups in total. The van der Waals surface area contributed by atoms with Crippen molar-refractivity contribution in [2.45, 2.75) is 25.8 Å². The summed E-state index contributed by atoms with van der Waals surface area (Å²) in [5.41, 5.74) is 5.66. The minimum Gasteiger partial charge on any atom is -0.496 e. The maximum atomic E-state index is 12.4. The Bertz CT molecular complexity index is 420. The summed E-state index contributed by atoms with van der Waals surface area (Å²) in [5.74, 6) is 0.712. The molecule has 0 aliphatic rings. The van der Waals surface area contributed by atoms with Crippen LogP contribution in [0.2, 0.25) is 0 Å². The lowest BCUT2D eigenvalue weighted by Crippen LogP contribution is -2.51. The Labute approximate surface area is 114 Å². The second-order valence-corrected chi connectivity index (χ2v) is 4.61. The summed E-state index contributed by atoms with van der Waals surface area (Å²) in [5, 5.41) is 2.93. The molecule has 0 saturated carbocycles. The molecule has 1 rings (SSSR count). The Morgan fingerprint density at radius 3 is 2.21 bits per heavy atom. The molecule has 5 heteroatoms. The number of amides is 1. The standard InChI is InChI=1S/C14H22N2O3/c1-5-14(2,9-15)16-13(17)12-10(18-3)7-6-8-11(12)19-4/h6-8H,5,9,15H2,1-4H3,(H,16,17). The first-order valence-corrected chi connectivity index (χ1v) is 6.25. The van der Waals surface area contributed by atoms with Crippen LogP contribution in [0.1, 0.15) is 30.6 Å². The monoisotopic (exact) mass is 266 g/mol. The van der Waals surface area contributed by atoms with Crippen molar-refractivity contribution in [3.8, 4) is 11.5 Å². The van der Waals surface area contributed by atoms with Crippen molar-refractivity contribution < 1.29 is 14.3 Å². The van der Waals surface area contributed by atoms with Crippen LogP contribution in [0.4, 0.5) is 0 Å². The lowest BCUT2D eigenvalue weighted by Gasteiger charge is -2.28. The van der Waals surface area contributed by atoms with E-state index < -0.39 is 5.54 Å². The first-order valence-electron chi connectivity index (χ1n) is 6.25. The summed E-state index contributed by atoms with van der Waals surface area (Å²) in [4.78, 5) is 12.4. The number of nitrogens with one attached hydrogen (secondary N) is 1. The minimum absolute atomic E-state index is 0.246. The Balaban J connectivity index is 3.11. The van der Waals surface area contributed by atoms with E-state index in [1.807, 2.05) is 13.8 Å². The number of nitrogens with two attached hydrogens (primary N) is 1. The molecule has 0 aliphatic heterocycles. The Kier molecular flexibility index (Phi) is 5.18. The predicted octanol–water partition coefficient (Wildman–Crippen LogP) is 1.56. The van der Waals surface area contributed by atoms with E-state index in [4.69, 9.17) is 15.2 Å². The number of hydrogen-bond acceptors (Lipinski definition) is 4. The van der Waals surface area contributed by atoms with E-state index >= 15 is 0 Å². The summed E-state index contributed by atoms with van der Waals surface area (Å²) in [6.45, 7) is 4.26. The molecular weight excluding hydrogens is 244 g/mol. The highest BCUT2D eigenvalue weighted by molar-refractivity contribution is 6.00. The molecule has 1 atom stereocenters. The first-order chi connectivity index (χ1) is 9.01. The van der Waals surface area contributed by atoms with E-state index in [0.29, 0.717) is 23.6 Å². The van der Waals surface area contributed by atoms with Crippen molar-refractivity contribution in [2.75, 3.05) is 20.8 Å². The van der Waals surface area contributed by atoms with Gasteiger partial charge < -0.3 is 20.5 Å². The van der Waals surface area contributed by atoms with Crippen LogP contribution < -0.4 is 20.5 Å². The van der Waals surface area contributed by atoms with Crippen LogP contribution in [0, 0.1) is 0 Å². The molecule has 106 valence electrons. The fourth-order valence-corrected chi connectivity index (χ4v) is 1.70. The van der Waals surface area contributed by atoms with E-state index in [9.17, 15) is 4.79 Å². The van der Waals surface area contributed by atoms with Gasteiger partial charge in [0.05, 0.1) is 14.2 Å². The number of benzene rings is 1. The average molecular weight is 266 g/mol. The highest BCUT2D eigenvalue weighted by Crippen LogP contribution is 2.28. The highest BCUT2D eigenvalue weighted by atomic mass is 16.5. The molecule has 0 spiro atoms. The second-order valence-electron chi connectivity index (χ2n) is 4.61. The SMILES string of the molecule is CCC(C)(CN)NC(=O)c1c(OC)cccc1OC. The van der Waals surface area contributed by atoms with Gasteiger partial charge in [-0.05, 0) is 25.5 Å². The van der Waals surface area contributed by atoms with Gasteiger partial charge in [-0.2, -0.15) is 0 Å². The topological polar surface area (TPSA) is 73.6 Å². The average Bonchev–Trinajstić information content (AvgIpc) is 2.45. The van der Waals surface area contributed by atoms with Crippen LogP contribution in [0.15, 0.2) is 18.2 Å². The zero-order valence-corrected chi connectivity index (χ0v) is 11.9. The molecule has 0 aliphatic carbocycles. The van der Waals surface area contributed by atoms with Crippen LogP contribution in [0.25, 0.3) is 0 Å². The van der Waals surface area contributed by atoms with Crippen molar-refractivity contribution in [1.29, 1.82) is 0 Å². The van der Waals surface area contributed by atoms with E-state index in [1.165, 1.54) is 14.2 Å². The third kappa shape index (κ3) is 3.38. The quantitative estimate of drug-likeness (QED) is 0.819. The zero-order valence-electron chi connectivity index (χ0n) is 11.9. The minimum atomic E-state index is -0.442. The molecule has 19 heavy (non-hydrogen) atoms. The van der Waals surface area contributed by atoms with Gasteiger partial charge in [-0.3, -0.25) is 4.79 Å². The molecule has 0 radical (unpaired) electrons. The second kappa shape index (κ2) is 6.43. The fraction of sp³-hybridized carbons (Fsp3) is 0.500. The molecule has 0 bridgehead atoms. The van der Waals surface area contributed by atoms with Crippen molar-refractivity contribution in [2.24, 2.45) is 5.73 Å². The largest absolute Gasteiger partial charge is 0.496 e. The molecule has 1 aromatic carbocycles. The Morgan fingerprint density at radius 1 is 1.32 bits per heavy atom. The van der Waals surface area contributed by atoms with Crippen molar-refractivity contribution >= 4 is 5.91 Å². The normalized spacial score (nSPS) is 13.5. The maximum absolute atomic E-state index is 12.4. The molecule has 1 aromatic rings. The lowest BCUT2D eigenvalue weighted by atomic mass is 9.98. The number of carbonyl (C=O) groups is 1. The summed E-state index contributed by atoms with van der Waals surface area (Å²) >= 11 is 0. The molecular formula is C14H22N2O3. The van der Waals surface area contributed by atoms with Gasteiger partial charge in [0.1, 0.15) is 17.1 Å². The van der Waals surface area contributed by atoms with Gasteiger partial charge in [0.15, 0.2) is 0 Å². The zero-order chi connectivity index (χ0) is 14.5. The highest BCUT2D eigenvalue weighted by Gasteiger charge is 2.26. The Morgan fingerprint density at radius 2 is 1.84 bits per heavy atom. The van der Waals surface area contributed by atoms with Gasteiger partial charge in [0.2, 0.25) is 0 Å². The first kappa shape index (κ1) is 15.3. The summed E-state index contributed by atoms with van der Waals surface area (Å²) < 4.78 is 10.4. The van der Waals surface area contributed by atoms with Crippen LogP contribution in [0.5, 0.6) is 11.5 Å². The maximum Gasteiger partial charge on any atom is 0.259 e. The molecule has 1 unspecified atom stereocenters. The van der Waals surface area contributed by atoms with Crippen LogP contribution in [-0.4, -0.2) is 32.2 Å². The summed E-state index contributed by atoms with van der Waals surface area (Å²) in [7, 11) is 3.04. The third-order valence-electron chi connectivity index (χ3n) is 3.30. The molecule has 1 amide bonds. The molecule has 0 aromatic heterocycles. The number of ether oxygens (including phenoxy) is 2. The van der Waals surface area contributed by atoms with Gasteiger partial charge in [-0.1, -0.05) is 13.0 Å². The van der Waals surface area contributed by atoms with Crippen molar-refractivity contribution in [3.05, 3.63) is 23.8 Å². The van der Waals surface area contributed by atoms with E-state index in [1.54, 1.807) is 18.2 Å². The van der Waals surface area contributed by atoms with E-state index in [-0.39, 0.29) is 5.91 Å². The summed E-state index contributed by atoms with van der Waals surface area (Å²) in [6, 6.07) is 5.22. The van der Waals surface area contributed by atoms with E-state index in [2.05, 4.69) is 5.32 Å².